The minimum Gasteiger partial charge on any atom is -0.461 e. The van der Waals surface area contributed by atoms with Crippen molar-refractivity contribution in [3.05, 3.63) is 25.3 Å². The third kappa shape index (κ3) is 7.88. The highest BCUT2D eigenvalue weighted by atomic mass is 16.6. The number of hydrogen-bond donors (Lipinski definition) is 1. The normalized spacial score (nSPS) is 25.0. The fraction of sp³-hybridized carbons (Fsp3) is 0.750. The van der Waals surface area contributed by atoms with E-state index in [2.05, 4.69) is 46.2 Å². The first-order valence-electron chi connectivity index (χ1n) is 11.0. The second kappa shape index (κ2) is 11.7. The smallest absolute Gasteiger partial charge is 0.330 e. The molecule has 0 bridgehead atoms. The summed E-state index contributed by atoms with van der Waals surface area (Å²) in [5, 5.41) is 3.56. The highest BCUT2D eigenvalue weighted by molar-refractivity contribution is 5.82. The van der Waals surface area contributed by atoms with Crippen LogP contribution in [0.5, 0.6) is 0 Å². The van der Waals surface area contributed by atoms with Crippen LogP contribution in [0.2, 0.25) is 0 Å². The van der Waals surface area contributed by atoms with E-state index in [0.717, 1.165) is 18.9 Å². The van der Waals surface area contributed by atoms with E-state index in [9.17, 15) is 9.59 Å². The average Bonchev–Trinajstić information content (AvgIpc) is 2.69. The van der Waals surface area contributed by atoms with Gasteiger partial charge in [0.05, 0.1) is 13.3 Å². The number of nitrogens with one attached hydrogen (secondary N) is 1. The zero-order valence-corrected chi connectivity index (χ0v) is 19.6. The average molecular weight is 424 g/mol. The molecule has 0 aliphatic heterocycles. The molecule has 0 amide bonds. The van der Waals surface area contributed by atoms with Crippen LogP contribution < -0.4 is 5.32 Å². The molecule has 1 aliphatic rings. The van der Waals surface area contributed by atoms with Crippen LogP contribution in [-0.4, -0.2) is 44.0 Å². The summed E-state index contributed by atoms with van der Waals surface area (Å²) in [4.78, 5) is 24.2. The number of ether oxygens (including phenoxy) is 3. The van der Waals surface area contributed by atoms with Gasteiger partial charge in [0.1, 0.15) is 18.6 Å². The zero-order chi connectivity index (χ0) is 22.8. The molecule has 0 heterocycles. The fourth-order valence-electron chi connectivity index (χ4n) is 4.65. The van der Waals surface area contributed by atoms with Gasteiger partial charge < -0.3 is 14.2 Å². The molecule has 3 atom stereocenters. The molecule has 1 saturated carbocycles. The predicted molar refractivity (Wildman–Crippen MR) is 119 cm³/mol. The fourth-order valence-corrected chi connectivity index (χ4v) is 4.65. The molecule has 0 aromatic heterocycles. The lowest BCUT2D eigenvalue weighted by atomic mass is 9.64. The monoisotopic (exact) mass is 423 g/mol. The first-order chi connectivity index (χ1) is 14.0. The molecule has 3 unspecified atom stereocenters. The van der Waals surface area contributed by atoms with Crippen molar-refractivity contribution in [2.24, 2.45) is 16.7 Å². The highest BCUT2D eigenvalue weighted by Gasteiger charge is 2.42. The Labute approximate surface area is 182 Å². The van der Waals surface area contributed by atoms with Crippen LogP contribution in [0.15, 0.2) is 25.3 Å². The van der Waals surface area contributed by atoms with Gasteiger partial charge in [-0.3, -0.25) is 10.1 Å². The SMILES string of the molecule is C=CCOC(=O)C(CC)(COCNC1(C)CC(CC)CC(C)(C)C1)COC(=O)C=C. The highest BCUT2D eigenvalue weighted by Crippen LogP contribution is 2.44. The molecular weight excluding hydrogens is 382 g/mol. The molecule has 0 saturated heterocycles. The van der Waals surface area contributed by atoms with Crippen LogP contribution in [0.1, 0.15) is 66.7 Å². The molecule has 30 heavy (non-hydrogen) atoms. The van der Waals surface area contributed by atoms with Crippen LogP contribution in [0.3, 0.4) is 0 Å². The number of carbonyl (C=O) groups is 2. The number of esters is 2. The van der Waals surface area contributed by atoms with Gasteiger partial charge in [-0.25, -0.2) is 4.79 Å². The summed E-state index contributed by atoms with van der Waals surface area (Å²) < 4.78 is 16.4. The van der Waals surface area contributed by atoms with Crippen molar-refractivity contribution in [3.63, 3.8) is 0 Å². The van der Waals surface area contributed by atoms with E-state index in [1.54, 1.807) is 0 Å². The Morgan fingerprint density at radius 2 is 1.83 bits per heavy atom. The maximum absolute atomic E-state index is 12.7. The van der Waals surface area contributed by atoms with Gasteiger partial charge in [0.15, 0.2) is 0 Å². The van der Waals surface area contributed by atoms with Crippen LogP contribution in [0, 0.1) is 16.7 Å². The molecule has 6 nitrogen and oxygen atoms in total. The standard InChI is InChI=1S/C24H41NO5/c1-8-12-29-21(27)24(11-4,17-30-20(26)10-3)16-28-18-25-23(7)14-19(9-2)13-22(5,6)15-23/h8,10,19,25H,1,3,9,11-18H2,2,4-7H3. The van der Waals surface area contributed by atoms with E-state index in [0.29, 0.717) is 19.1 Å². The molecule has 1 fully saturated rings. The Morgan fingerprint density at radius 1 is 1.13 bits per heavy atom. The largest absolute Gasteiger partial charge is 0.461 e. The van der Waals surface area contributed by atoms with Gasteiger partial charge in [0, 0.05) is 11.6 Å². The van der Waals surface area contributed by atoms with Crippen LogP contribution in [0.25, 0.3) is 0 Å². The van der Waals surface area contributed by atoms with Crippen molar-refractivity contribution in [1.82, 2.24) is 5.32 Å². The van der Waals surface area contributed by atoms with E-state index in [-0.39, 0.29) is 30.8 Å². The maximum atomic E-state index is 12.7. The van der Waals surface area contributed by atoms with Crippen LogP contribution >= 0.6 is 0 Å². The van der Waals surface area contributed by atoms with Gasteiger partial charge in [-0.05, 0) is 43.9 Å². The second-order valence-electron chi connectivity index (χ2n) is 9.59. The van der Waals surface area contributed by atoms with E-state index in [4.69, 9.17) is 14.2 Å². The van der Waals surface area contributed by atoms with Crippen molar-refractivity contribution in [2.75, 3.05) is 26.6 Å². The van der Waals surface area contributed by atoms with Crippen molar-refractivity contribution >= 4 is 11.9 Å². The Morgan fingerprint density at radius 3 is 2.40 bits per heavy atom. The zero-order valence-electron chi connectivity index (χ0n) is 19.6. The summed E-state index contributed by atoms with van der Waals surface area (Å²) in [6.07, 6.45) is 7.58. The maximum Gasteiger partial charge on any atom is 0.330 e. The van der Waals surface area contributed by atoms with Gasteiger partial charge in [-0.1, -0.05) is 53.3 Å². The van der Waals surface area contributed by atoms with Crippen LogP contribution in [-0.2, 0) is 23.8 Å². The molecule has 1 aliphatic carbocycles. The third-order valence-corrected chi connectivity index (χ3v) is 6.11. The second-order valence-corrected chi connectivity index (χ2v) is 9.59. The molecule has 0 radical (unpaired) electrons. The van der Waals surface area contributed by atoms with E-state index in [1.807, 2.05) is 6.92 Å². The summed E-state index contributed by atoms with van der Waals surface area (Å²) in [6, 6.07) is 0. The lowest BCUT2D eigenvalue weighted by molar-refractivity contribution is -0.167. The lowest BCUT2D eigenvalue weighted by Gasteiger charge is -2.47. The minimum atomic E-state index is -1.07. The van der Waals surface area contributed by atoms with Crippen molar-refractivity contribution in [1.29, 1.82) is 0 Å². The molecule has 0 spiro atoms. The molecule has 6 heteroatoms. The quantitative estimate of drug-likeness (QED) is 0.156. The number of hydrogen-bond acceptors (Lipinski definition) is 6. The molecule has 0 aromatic rings. The van der Waals surface area contributed by atoms with Gasteiger partial charge in [0.25, 0.3) is 0 Å². The molecular formula is C24H41NO5. The summed E-state index contributed by atoms with van der Waals surface area (Å²) in [7, 11) is 0. The summed E-state index contributed by atoms with van der Waals surface area (Å²) in [6.45, 7) is 18.3. The summed E-state index contributed by atoms with van der Waals surface area (Å²) in [5.74, 6) is -0.351. The first-order valence-corrected chi connectivity index (χ1v) is 11.0. The van der Waals surface area contributed by atoms with Gasteiger partial charge in [-0.15, -0.1) is 0 Å². The van der Waals surface area contributed by atoms with E-state index in [1.165, 1.54) is 18.9 Å². The molecule has 172 valence electrons. The molecule has 0 aromatic carbocycles. The Kier molecular flexibility index (Phi) is 10.2. The molecule has 1 rings (SSSR count). The minimum absolute atomic E-state index is 0.0179. The number of rotatable bonds is 13. The first kappa shape index (κ1) is 26.4. The Hall–Kier alpha value is -1.66. The van der Waals surface area contributed by atoms with Crippen molar-refractivity contribution in [3.8, 4) is 0 Å². The van der Waals surface area contributed by atoms with Gasteiger partial charge in [0.2, 0.25) is 0 Å². The lowest BCUT2D eigenvalue weighted by Crippen LogP contribution is -2.52. The van der Waals surface area contributed by atoms with E-state index < -0.39 is 17.4 Å². The van der Waals surface area contributed by atoms with Crippen LogP contribution in [0.4, 0.5) is 0 Å². The van der Waals surface area contributed by atoms with Crippen molar-refractivity contribution in [2.45, 2.75) is 72.3 Å². The van der Waals surface area contributed by atoms with Crippen molar-refractivity contribution < 1.29 is 23.8 Å². The summed E-state index contributed by atoms with van der Waals surface area (Å²) in [5.41, 5.74) is -0.806. The Balaban J connectivity index is 2.75. The third-order valence-electron chi connectivity index (χ3n) is 6.11. The number of carbonyl (C=O) groups excluding carboxylic acids is 2. The predicted octanol–water partition coefficient (Wildman–Crippen LogP) is 4.40. The Bertz CT molecular complexity index is 602. The van der Waals surface area contributed by atoms with Gasteiger partial charge >= 0.3 is 11.9 Å². The van der Waals surface area contributed by atoms with Gasteiger partial charge in [-0.2, -0.15) is 0 Å². The topological polar surface area (TPSA) is 73.9 Å². The summed E-state index contributed by atoms with van der Waals surface area (Å²) >= 11 is 0. The molecule has 1 N–H and O–H groups in total. The van der Waals surface area contributed by atoms with E-state index >= 15 is 0 Å².